The number of H-pyrrole nitrogens is 1. The third-order valence-electron chi connectivity index (χ3n) is 9.20. The summed E-state index contributed by atoms with van der Waals surface area (Å²) in [7, 11) is 0. The SMILES string of the molecule is Cc1cc(=O)[nH]c2cc(NC(=O)[C@H](CCCCNC(=O)OC(C)(C)C)NC(=O)[C@H](CC(C)C)NC(=O)OCC3c4ccccc4-c4ccccc43)ccc12. The first-order valence-electron chi connectivity index (χ1n) is 18.5. The summed E-state index contributed by atoms with van der Waals surface area (Å²) in [6.45, 7) is 11.5. The molecule has 1 heterocycles. The van der Waals surface area contributed by atoms with Crippen LogP contribution in [0.25, 0.3) is 22.0 Å². The van der Waals surface area contributed by atoms with Gasteiger partial charge in [-0.3, -0.25) is 14.4 Å². The van der Waals surface area contributed by atoms with Crippen molar-refractivity contribution in [2.75, 3.05) is 18.5 Å². The average Bonchev–Trinajstić information content (AvgIpc) is 3.42. The zero-order chi connectivity index (χ0) is 39.0. The molecule has 2 atom stereocenters. The average molecular weight is 738 g/mol. The highest BCUT2D eigenvalue weighted by Crippen LogP contribution is 2.44. The highest BCUT2D eigenvalue weighted by atomic mass is 16.6. The standard InChI is InChI=1S/C42H51N5O7/c1-25(2)21-36(47-41(52)53-24-33-31-15-9-7-13-29(31)30-14-8-10-16-32(30)33)39(50)46-34(17-11-12-20-43-40(51)54-42(4,5)6)38(49)44-27-18-19-28-26(3)22-37(48)45-35(28)23-27/h7-10,13-16,18-19,22-23,25,33-34,36H,11-12,17,20-21,24H2,1-6H3,(H,43,51)(H,44,49)(H,45,48)(H,46,50)(H,47,52)/t34-,36-/m0/s1. The minimum Gasteiger partial charge on any atom is -0.449 e. The van der Waals surface area contributed by atoms with Gasteiger partial charge in [0.25, 0.3) is 0 Å². The van der Waals surface area contributed by atoms with E-state index in [2.05, 4.69) is 38.4 Å². The molecular formula is C42H51N5O7. The molecule has 3 aromatic carbocycles. The number of hydrogen-bond acceptors (Lipinski definition) is 7. The van der Waals surface area contributed by atoms with E-state index in [0.29, 0.717) is 37.0 Å². The minimum absolute atomic E-state index is 0.0315. The number of anilines is 1. The predicted molar refractivity (Wildman–Crippen MR) is 209 cm³/mol. The lowest BCUT2D eigenvalue weighted by Crippen LogP contribution is -2.53. The van der Waals surface area contributed by atoms with Gasteiger partial charge >= 0.3 is 12.2 Å². The molecular weight excluding hydrogens is 686 g/mol. The monoisotopic (exact) mass is 737 g/mol. The molecule has 0 spiro atoms. The molecule has 0 bridgehead atoms. The van der Waals surface area contributed by atoms with Gasteiger partial charge in [0.1, 0.15) is 24.3 Å². The summed E-state index contributed by atoms with van der Waals surface area (Å²) in [5, 5.41) is 12.0. The fourth-order valence-corrected chi connectivity index (χ4v) is 6.75. The van der Waals surface area contributed by atoms with E-state index in [4.69, 9.17) is 9.47 Å². The number of amides is 4. The van der Waals surface area contributed by atoms with Crippen LogP contribution in [0.4, 0.5) is 15.3 Å². The van der Waals surface area contributed by atoms with Crippen molar-refractivity contribution in [3.05, 3.63) is 99.8 Å². The van der Waals surface area contributed by atoms with Gasteiger partial charge in [-0.05, 0) is 99.2 Å². The van der Waals surface area contributed by atoms with Gasteiger partial charge in [0, 0.05) is 29.6 Å². The Morgan fingerprint density at radius 2 is 1.48 bits per heavy atom. The largest absolute Gasteiger partial charge is 0.449 e. The van der Waals surface area contributed by atoms with E-state index >= 15 is 0 Å². The van der Waals surface area contributed by atoms with Crippen LogP contribution in [0.3, 0.4) is 0 Å². The molecule has 1 aromatic heterocycles. The van der Waals surface area contributed by atoms with Crippen molar-refractivity contribution in [3.63, 3.8) is 0 Å². The Kier molecular flexibility index (Phi) is 12.8. The smallest absolute Gasteiger partial charge is 0.407 e. The van der Waals surface area contributed by atoms with Crippen molar-refractivity contribution in [2.24, 2.45) is 5.92 Å². The Labute approximate surface area is 315 Å². The molecule has 0 saturated heterocycles. The molecule has 0 radical (unpaired) electrons. The number of aryl methyl sites for hydroxylation is 1. The number of ether oxygens (including phenoxy) is 2. The molecule has 12 heteroatoms. The van der Waals surface area contributed by atoms with Crippen LogP contribution < -0.4 is 26.8 Å². The summed E-state index contributed by atoms with van der Waals surface area (Å²) < 4.78 is 11.0. The van der Waals surface area contributed by atoms with Gasteiger partial charge < -0.3 is 35.7 Å². The maximum atomic E-state index is 13.9. The number of carbonyl (C=O) groups is 4. The van der Waals surface area contributed by atoms with E-state index in [0.717, 1.165) is 33.2 Å². The van der Waals surface area contributed by atoms with Crippen molar-refractivity contribution in [3.8, 4) is 11.1 Å². The second-order valence-electron chi connectivity index (χ2n) is 15.2. The van der Waals surface area contributed by atoms with E-state index < -0.39 is 41.7 Å². The van der Waals surface area contributed by atoms with E-state index in [1.165, 1.54) is 6.07 Å². The van der Waals surface area contributed by atoms with E-state index in [1.54, 1.807) is 32.9 Å². The molecule has 4 amide bonds. The summed E-state index contributed by atoms with van der Waals surface area (Å²) in [5.74, 6) is -1.11. The summed E-state index contributed by atoms with van der Waals surface area (Å²) >= 11 is 0. The molecule has 12 nitrogen and oxygen atoms in total. The number of benzene rings is 3. The van der Waals surface area contributed by atoms with Crippen molar-refractivity contribution in [2.45, 2.75) is 90.8 Å². The third kappa shape index (κ3) is 10.5. The second-order valence-corrected chi connectivity index (χ2v) is 15.2. The first-order chi connectivity index (χ1) is 25.7. The van der Waals surface area contributed by atoms with Gasteiger partial charge in [0.05, 0.1) is 5.52 Å². The zero-order valence-electron chi connectivity index (χ0n) is 31.8. The first kappa shape index (κ1) is 39.6. The normalized spacial score (nSPS) is 13.4. The topological polar surface area (TPSA) is 168 Å². The van der Waals surface area contributed by atoms with Gasteiger partial charge in [0.15, 0.2) is 0 Å². The van der Waals surface area contributed by atoms with Crippen LogP contribution in [0.5, 0.6) is 0 Å². The third-order valence-corrected chi connectivity index (χ3v) is 9.20. The summed E-state index contributed by atoms with van der Waals surface area (Å²) in [4.78, 5) is 67.9. The van der Waals surface area contributed by atoms with Gasteiger partial charge in [-0.2, -0.15) is 0 Å². The van der Waals surface area contributed by atoms with Gasteiger partial charge in [0.2, 0.25) is 17.4 Å². The number of hydrogen-bond donors (Lipinski definition) is 5. The van der Waals surface area contributed by atoms with Crippen LogP contribution in [0, 0.1) is 12.8 Å². The van der Waals surface area contributed by atoms with Crippen LogP contribution in [-0.2, 0) is 19.1 Å². The maximum absolute atomic E-state index is 13.9. The number of aromatic nitrogens is 1. The number of pyridine rings is 1. The molecule has 5 rings (SSSR count). The number of unbranched alkanes of at least 4 members (excludes halogenated alkanes) is 1. The molecule has 5 N–H and O–H groups in total. The number of fused-ring (bicyclic) bond motifs is 4. The Morgan fingerprint density at radius 3 is 2.13 bits per heavy atom. The molecule has 0 unspecified atom stereocenters. The Bertz CT molecular complexity index is 2010. The van der Waals surface area contributed by atoms with Crippen molar-refractivity contribution in [1.29, 1.82) is 0 Å². The Hall–Kier alpha value is -5.65. The van der Waals surface area contributed by atoms with Gasteiger partial charge in [-0.1, -0.05) is 68.4 Å². The minimum atomic E-state index is -0.981. The molecule has 1 aliphatic carbocycles. The fourth-order valence-electron chi connectivity index (χ4n) is 6.75. The van der Waals surface area contributed by atoms with Crippen LogP contribution in [0.1, 0.15) is 82.9 Å². The highest BCUT2D eigenvalue weighted by Gasteiger charge is 2.31. The number of nitrogens with one attached hydrogen (secondary N) is 5. The number of alkyl carbamates (subject to hydrolysis) is 2. The van der Waals surface area contributed by atoms with E-state index in [1.807, 2.05) is 63.2 Å². The van der Waals surface area contributed by atoms with Crippen LogP contribution in [0.2, 0.25) is 0 Å². The fraction of sp³-hybridized carbons (Fsp3) is 0.405. The van der Waals surface area contributed by atoms with Gasteiger partial charge in [-0.25, -0.2) is 9.59 Å². The molecule has 286 valence electrons. The predicted octanol–water partition coefficient (Wildman–Crippen LogP) is 6.91. The second kappa shape index (κ2) is 17.5. The molecule has 54 heavy (non-hydrogen) atoms. The molecule has 0 saturated carbocycles. The van der Waals surface area contributed by atoms with Crippen LogP contribution >= 0.6 is 0 Å². The van der Waals surface area contributed by atoms with E-state index in [-0.39, 0.29) is 30.4 Å². The molecule has 0 fully saturated rings. The lowest BCUT2D eigenvalue weighted by Gasteiger charge is -2.24. The zero-order valence-corrected chi connectivity index (χ0v) is 31.8. The number of carbonyl (C=O) groups excluding carboxylic acids is 4. The quantitative estimate of drug-likeness (QED) is 0.0877. The van der Waals surface area contributed by atoms with Crippen molar-refractivity contribution < 1.29 is 28.7 Å². The molecule has 0 aliphatic heterocycles. The Morgan fingerprint density at radius 1 is 0.815 bits per heavy atom. The lowest BCUT2D eigenvalue weighted by atomic mass is 9.98. The summed E-state index contributed by atoms with van der Waals surface area (Å²) in [5.41, 5.74) is 5.29. The summed E-state index contributed by atoms with van der Waals surface area (Å²) in [6.07, 6.45) is 0.284. The maximum Gasteiger partial charge on any atom is 0.407 e. The Balaban J connectivity index is 1.26. The number of rotatable bonds is 14. The van der Waals surface area contributed by atoms with Crippen LogP contribution in [0.15, 0.2) is 77.6 Å². The van der Waals surface area contributed by atoms with Gasteiger partial charge in [-0.15, -0.1) is 0 Å². The summed E-state index contributed by atoms with van der Waals surface area (Å²) in [6, 6.07) is 20.9. The molecule has 1 aliphatic rings. The van der Waals surface area contributed by atoms with Crippen LogP contribution in [-0.4, -0.2) is 59.8 Å². The van der Waals surface area contributed by atoms with Crippen molar-refractivity contribution >= 4 is 40.6 Å². The lowest BCUT2D eigenvalue weighted by molar-refractivity contribution is -0.128. The highest BCUT2D eigenvalue weighted by molar-refractivity contribution is 5.99. The first-order valence-corrected chi connectivity index (χ1v) is 18.5. The number of aromatic amines is 1. The molecule has 4 aromatic rings. The van der Waals surface area contributed by atoms with E-state index in [9.17, 15) is 24.0 Å². The van der Waals surface area contributed by atoms with Crippen molar-refractivity contribution in [1.82, 2.24) is 20.9 Å².